The van der Waals surface area contributed by atoms with Crippen molar-refractivity contribution in [1.29, 1.82) is 0 Å². The highest BCUT2D eigenvalue weighted by Crippen LogP contribution is 2.31. The molecule has 1 amide bonds. The number of nitrogens with zero attached hydrogens (tertiary/aromatic N) is 1. The van der Waals surface area contributed by atoms with E-state index < -0.39 is 24.1 Å². The number of thiazole rings is 1. The lowest BCUT2D eigenvalue weighted by Gasteiger charge is -2.26. The van der Waals surface area contributed by atoms with E-state index in [-0.39, 0.29) is 0 Å². The average Bonchev–Trinajstić information content (AvgIpc) is 3.29. The van der Waals surface area contributed by atoms with Gasteiger partial charge in [-0.05, 0) is 30.2 Å². The van der Waals surface area contributed by atoms with Crippen molar-refractivity contribution in [2.45, 2.75) is 12.5 Å². The second-order valence-electron chi connectivity index (χ2n) is 7.40. The van der Waals surface area contributed by atoms with Crippen LogP contribution in [0.25, 0.3) is 11.3 Å². The molecule has 0 aliphatic heterocycles. The van der Waals surface area contributed by atoms with E-state index in [1.54, 1.807) is 84.1 Å². The van der Waals surface area contributed by atoms with Gasteiger partial charge in [0.1, 0.15) is 0 Å². The molecule has 0 radical (unpaired) electrons. The monoisotopic (exact) mass is 458 g/mol. The van der Waals surface area contributed by atoms with Crippen molar-refractivity contribution < 1.29 is 19.4 Å². The summed E-state index contributed by atoms with van der Waals surface area (Å²) in [6, 6.07) is 24.3. The van der Waals surface area contributed by atoms with Gasteiger partial charge in [-0.3, -0.25) is 4.79 Å². The van der Waals surface area contributed by atoms with Gasteiger partial charge in [0.05, 0.1) is 10.7 Å². The van der Waals surface area contributed by atoms with Crippen LogP contribution >= 0.6 is 11.3 Å². The summed E-state index contributed by atoms with van der Waals surface area (Å²) in [5, 5.41) is 17.0. The van der Waals surface area contributed by atoms with E-state index in [1.165, 1.54) is 0 Å². The van der Waals surface area contributed by atoms with Crippen molar-refractivity contribution in [3.63, 3.8) is 0 Å². The zero-order valence-electron chi connectivity index (χ0n) is 17.9. The molecule has 6 nitrogen and oxygen atoms in total. The Morgan fingerprint density at radius 2 is 1.61 bits per heavy atom. The molecular weight excluding hydrogens is 436 g/mol. The number of anilines is 1. The number of amides is 1. The Balaban J connectivity index is 1.47. The first kappa shape index (κ1) is 22.4. The Morgan fingerprint density at radius 1 is 0.970 bits per heavy atom. The fourth-order valence-corrected chi connectivity index (χ4v) is 4.07. The first-order valence-electron chi connectivity index (χ1n) is 10.3. The predicted octanol–water partition coefficient (Wildman–Crippen LogP) is 4.54. The summed E-state index contributed by atoms with van der Waals surface area (Å²) in [5.74, 6) is -1.44. The number of aliphatic hydroxyl groups is 1. The van der Waals surface area contributed by atoms with Gasteiger partial charge in [-0.25, -0.2) is 9.78 Å². The van der Waals surface area contributed by atoms with Gasteiger partial charge in [-0.1, -0.05) is 72.8 Å². The van der Waals surface area contributed by atoms with E-state index in [4.69, 9.17) is 4.74 Å². The third-order valence-corrected chi connectivity index (χ3v) is 5.85. The Hall–Kier alpha value is -3.81. The minimum Gasteiger partial charge on any atom is -0.453 e. The summed E-state index contributed by atoms with van der Waals surface area (Å²) in [6.07, 6.45) is 0. The van der Waals surface area contributed by atoms with E-state index >= 15 is 0 Å². The largest absolute Gasteiger partial charge is 0.453 e. The minimum atomic E-state index is -2.04. The van der Waals surface area contributed by atoms with Crippen LogP contribution in [0.1, 0.15) is 16.1 Å². The van der Waals surface area contributed by atoms with Crippen molar-refractivity contribution in [2.75, 3.05) is 11.9 Å². The molecular formula is C26H22N2O4S. The standard InChI is InChI=1S/C26H22N2O4S/c1-18-27-23(17-33-18)19-9-8-14-22(15-19)28-24(29)16-32-25(30)26(31,20-10-4-2-5-11-20)21-12-6-3-7-13-21/h2-15,17,31H,16H2,1H3,(H,28,29). The van der Waals surface area contributed by atoms with Crippen molar-refractivity contribution in [1.82, 2.24) is 4.98 Å². The number of rotatable bonds is 7. The van der Waals surface area contributed by atoms with Gasteiger partial charge in [0.25, 0.3) is 5.91 Å². The Kier molecular flexibility index (Phi) is 6.63. The van der Waals surface area contributed by atoms with Crippen LogP contribution in [-0.2, 0) is 19.9 Å². The molecule has 0 atom stereocenters. The Labute approximate surface area is 195 Å². The van der Waals surface area contributed by atoms with E-state index in [9.17, 15) is 14.7 Å². The molecule has 0 bridgehead atoms. The van der Waals surface area contributed by atoms with Crippen molar-refractivity contribution in [3.8, 4) is 11.3 Å². The maximum atomic E-state index is 13.0. The molecule has 7 heteroatoms. The first-order valence-corrected chi connectivity index (χ1v) is 11.2. The number of carbonyl (C=O) groups excluding carboxylic acids is 2. The molecule has 4 aromatic rings. The second-order valence-corrected chi connectivity index (χ2v) is 8.46. The van der Waals surface area contributed by atoms with Crippen LogP contribution in [0.2, 0.25) is 0 Å². The molecule has 1 heterocycles. The van der Waals surface area contributed by atoms with Crippen LogP contribution in [0.4, 0.5) is 5.69 Å². The number of ether oxygens (including phenoxy) is 1. The molecule has 0 spiro atoms. The quantitative estimate of drug-likeness (QED) is 0.397. The lowest BCUT2D eigenvalue weighted by atomic mass is 9.86. The normalized spacial score (nSPS) is 11.1. The number of esters is 1. The van der Waals surface area contributed by atoms with E-state index in [0.717, 1.165) is 16.3 Å². The third-order valence-electron chi connectivity index (χ3n) is 5.07. The van der Waals surface area contributed by atoms with Crippen LogP contribution in [-0.4, -0.2) is 28.6 Å². The topological polar surface area (TPSA) is 88.5 Å². The van der Waals surface area contributed by atoms with Crippen LogP contribution in [0.15, 0.2) is 90.3 Å². The summed E-state index contributed by atoms with van der Waals surface area (Å²) in [4.78, 5) is 29.9. The number of aryl methyl sites for hydroxylation is 1. The van der Waals surface area contributed by atoms with Gasteiger partial charge in [0.15, 0.2) is 6.61 Å². The number of nitrogens with one attached hydrogen (secondary N) is 1. The molecule has 4 rings (SSSR count). The van der Waals surface area contributed by atoms with E-state index in [1.807, 2.05) is 24.4 Å². The zero-order valence-corrected chi connectivity index (χ0v) is 18.7. The minimum absolute atomic E-state index is 0.355. The molecule has 0 saturated heterocycles. The van der Waals surface area contributed by atoms with Crippen LogP contribution in [0.3, 0.4) is 0 Å². The smallest absolute Gasteiger partial charge is 0.348 e. The predicted molar refractivity (Wildman–Crippen MR) is 128 cm³/mol. The summed E-state index contributed by atoms with van der Waals surface area (Å²) < 4.78 is 5.26. The Bertz CT molecular complexity index is 1220. The lowest BCUT2D eigenvalue weighted by molar-refractivity contribution is -0.163. The van der Waals surface area contributed by atoms with Gasteiger partial charge in [-0.2, -0.15) is 0 Å². The summed E-state index contributed by atoms with van der Waals surface area (Å²) in [6.45, 7) is 1.39. The van der Waals surface area contributed by atoms with Crippen LogP contribution in [0, 0.1) is 6.92 Å². The van der Waals surface area contributed by atoms with Gasteiger partial charge < -0.3 is 15.2 Å². The molecule has 1 aromatic heterocycles. The van der Waals surface area contributed by atoms with Gasteiger partial charge >= 0.3 is 5.97 Å². The fraction of sp³-hybridized carbons (Fsp3) is 0.115. The Morgan fingerprint density at radius 3 is 2.18 bits per heavy atom. The highest BCUT2D eigenvalue weighted by molar-refractivity contribution is 7.09. The van der Waals surface area contributed by atoms with E-state index in [2.05, 4.69) is 10.3 Å². The maximum Gasteiger partial charge on any atom is 0.348 e. The van der Waals surface area contributed by atoms with Crippen LogP contribution in [0.5, 0.6) is 0 Å². The van der Waals surface area contributed by atoms with Crippen molar-refractivity contribution in [2.24, 2.45) is 0 Å². The molecule has 3 aromatic carbocycles. The van der Waals surface area contributed by atoms with Crippen molar-refractivity contribution in [3.05, 3.63) is 106 Å². The molecule has 33 heavy (non-hydrogen) atoms. The third kappa shape index (κ3) is 5.00. The molecule has 166 valence electrons. The van der Waals surface area contributed by atoms with E-state index in [0.29, 0.717) is 16.8 Å². The molecule has 0 unspecified atom stereocenters. The first-order chi connectivity index (χ1) is 16.0. The summed E-state index contributed by atoms with van der Waals surface area (Å²) in [5.41, 5.74) is 0.930. The van der Waals surface area contributed by atoms with Crippen molar-refractivity contribution >= 4 is 28.9 Å². The highest BCUT2D eigenvalue weighted by atomic mass is 32.1. The maximum absolute atomic E-state index is 13.0. The lowest BCUT2D eigenvalue weighted by Crippen LogP contribution is -2.39. The number of aromatic nitrogens is 1. The average molecular weight is 459 g/mol. The summed E-state index contributed by atoms with van der Waals surface area (Å²) >= 11 is 1.55. The number of hydrogen-bond donors (Lipinski definition) is 2. The molecule has 0 aliphatic rings. The fourth-order valence-electron chi connectivity index (χ4n) is 3.45. The van der Waals surface area contributed by atoms with Gasteiger partial charge in [0.2, 0.25) is 5.60 Å². The SMILES string of the molecule is Cc1nc(-c2cccc(NC(=O)COC(=O)C(O)(c3ccccc3)c3ccccc3)c2)cs1. The van der Waals surface area contributed by atoms with Crippen LogP contribution < -0.4 is 5.32 Å². The van der Waals surface area contributed by atoms with Gasteiger partial charge in [0, 0.05) is 16.6 Å². The van der Waals surface area contributed by atoms with Gasteiger partial charge in [-0.15, -0.1) is 11.3 Å². The second kappa shape index (κ2) is 9.77. The zero-order chi connectivity index (χ0) is 23.3. The molecule has 0 fully saturated rings. The molecule has 0 aliphatic carbocycles. The molecule has 0 saturated carbocycles. The molecule has 2 N–H and O–H groups in total. The number of hydrogen-bond acceptors (Lipinski definition) is 6. The number of benzene rings is 3. The summed E-state index contributed by atoms with van der Waals surface area (Å²) in [7, 11) is 0. The number of carbonyl (C=O) groups is 2. The highest BCUT2D eigenvalue weighted by Gasteiger charge is 2.41.